The summed E-state index contributed by atoms with van der Waals surface area (Å²) in [5.74, 6) is 1.76. The normalized spacial score (nSPS) is 13.9. The number of rotatable bonds is 14. The molecule has 0 atom stereocenters. The van der Waals surface area contributed by atoms with Gasteiger partial charge in [0.15, 0.2) is 11.5 Å². The van der Waals surface area contributed by atoms with Gasteiger partial charge >= 0.3 is 0 Å². The molecule has 0 unspecified atom stereocenters. The number of nitrogens with zero attached hydrogens (tertiary/aromatic N) is 1. The summed E-state index contributed by atoms with van der Waals surface area (Å²) in [7, 11) is 3.03. The highest BCUT2D eigenvalue weighted by molar-refractivity contribution is 5.75. The predicted molar refractivity (Wildman–Crippen MR) is 137 cm³/mol. The molecule has 2 aromatic carbocycles. The summed E-state index contributed by atoms with van der Waals surface area (Å²) in [6, 6.07) is 12.0. The van der Waals surface area contributed by atoms with Gasteiger partial charge in [-0.05, 0) is 87.0 Å². The number of carbonyl (C=O) groups is 1. The maximum atomic E-state index is 12.1. The third-order valence-corrected chi connectivity index (χ3v) is 6.32. The predicted octanol–water partition coefficient (Wildman–Crippen LogP) is 4.69. The van der Waals surface area contributed by atoms with Gasteiger partial charge in [-0.3, -0.25) is 9.69 Å². The molecular weight excluding hydrogens is 444 g/mol. The molecule has 1 fully saturated rings. The minimum atomic E-state index is 0.00673. The van der Waals surface area contributed by atoms with E-state index in [-0.39, 0.29) is 11.7 Å². The molecule has 1 aliphatic heterocycles. The molecule has 0 radical (unpaired) electrons. The van der Waals surface area contributed by atoms with Crippen LogP contribution in [0.4, 0.5) is 0 Å². The molecule has 1 aliphatic rings. The summed E-state index contributed by atoms with van der Waals surface area (Å²) in [5.41, 5.74) is 2.30. The number of hydrogen-bond acceptors (Lipinski definition) is 6. The zero-order valence-electron chi connectivity index (χ0n) is 21.2. The van der Waals surface area contributed by atoms with E-state index in [0.29, 0.717) is 31.1 Å². The van der Waals surface area contributed by atoms with Crippen LogP contribution in [0.2, 0.25) is 0 Å². The number of aromatic hydroxyl groups is 1. The molecule has 1 heterocycles. The first-order valence-electron chi connectivity index (χ1n) is 12.7. The SMILES string of the molecule is COc1cc(CCCCC(=O)NCCCOc2cccc(CN3CCCCC3)c2)cc(OC)c1O. The lowest BCUT2D eigenvalue weighted by Crippen LogP contribution is -2.29. The number of benzene rings is 2. The number of carbonyl (C=O) groups excluding carboxylic acids is 1. The van der Waals surface area contributed by atoms with Crippen molar-refractivity contribution in [2.45, 2.75) is 57.9 Å². The van der Waals surface area contributed by atoms with E-state index in [1.807, 2.05) is 6.07 Å². The van der Waals surface area contributed by atoms with Crippen LogP contribution in [0, 0.1) is 0 Å². The van der Waals surface area contributed by atoms with Gasteiger partial charge in [0, 0.05) is 19.5 Å². The Morgan fingerprint density at radius 1 is 0.971 bits per heavy atom. The summed E-state index contributed by atoms with van der Waals surface area (Å²) in [5, 5.41) is 13.0. The number of unbranched alkanes of at least 4 members (excludes halogenated alkanes) is 1. The summed E-state index contributed by atoms with van der Waals surface area (Å²) in [6.45, 7) is 4.55. The molecule has 192 valence electrons. The van der Waals surface area contributed by atoms with Gasteiger partial charge in [-0.25, -0.2) is 0 Å². The van der Waals surface area contributed by atoms with Crippen LogP contribution >= 0.6 is 0 Å². The number of methoxy groups -OCH3 is 2. The maximum absolute atomic E-state index is 12.1. The first-order chi connectivity index (χ1) is 17.1. The van der Waals surface area contributed by atoms with Crippen LogP contribution in [-0.2, 0) is 17.8 Å². The van der Waals surface area contributed by atoms with E-state index in [0.717, 1.165) is 43.5 Å². The van der Waals surface area contributed by atoms with Crippen LogP contribution < -0.4 is 19.5 Å². The second-order valence-electron chi connectivity index (χ2n) is 9.09. The Morgan fingerprint density at radius 2 is 1.71 bits per heavy atom. The van der Waals surface area contributed by atoms with E-state index >= 15 is 0 Å². The lowest BCUT2D eigenvalue weighted by molar-refractivity contribution is -0.121. The van der Waals surface area contributed by atoms with Crippen LogP contribution in [0.25, 0.3) is 0 Å². The highest BCUT2D eigenvalue weighted by Gasteiger charge is 2.12. The number of phenols is 1. The van der Waals surface area contributed by atoms with Crippen LogP contribution in [0.1, 0.15) is 56.1 Å². The van der Waals surface area contributed by atoms with Crippen molar-refractivity contribution >= 4 is 5.91 Å². The van der Waals surface area contributed by atoms with Crippen LogP contribution in [0.5, 0.6) is 23.0 Å². The number of likely N-dealkylation sites (tertiary alicyclic amines) is 1. The number of phenolic OH excluding ortho intramolecular Hbond substituents is 1. The van der Waals surface area contributed by atoms with Crippen molar-refractivity contribution in [3.63, 3.8) is 0 Å². The number of piperidine rings is 1. The van der Waals surface area contributed by atoms with Crippen molar-refractivity contribution < 1.29 is 24.1 Å². The van der Waals surface area contributed by atoms with Crippen molar-refractivity contribution in [1.29, 1.82) is 0 Å². The molecule has 2 aromatic rings. The Bertz CT molecular complexity index is 902. The second kappa shape index (κ2) is 14.5. The fourth-order valence-electron chi connectivity index (χ4n) is 4.39. The van der Waals surface area contributed by atoms with Crippen molar-refractivity contribution in [3.05, 3.63) is 47.5 Å². The van der Waals surface area contributed by atoms with Gasteiger partial charge < -0.3 is 24.6 Å². The average Bonchev–Trinajstić information content (AvgIpc) is 2.88. The molecule has 1 amide bonds. The van der Waals surface area contributed by atoms with Gasteiger partial charge in [-0.2, -0.15) is 0 Å². The third kappa shape index (κ3) is 8.98. The zero-order valence-corrected chi connectivity index (χ0v) is 21.2. The molecule has 7 nitrogen and oxygen atoms in total. The molecular formula is C28H40N2O5. The average molecular weight is 485 g/mol. The van der Waals surface area contributed by atoms with E-state index in [1.165, 1.54) is 52.1 Å². The third-order valence-electron chi connectivity index (χ3n) is 6.32. The fourth-order valence-corrected chi connectivity index (χ4v) is 4.39. The van der Waals surface area contributed by atoms with Gasteiger partial charge in [0.25, 0.3) is 0 Å². The molecule has 1 saturated heterocycles. The summed E-state index contributed by atoms with van der Waals surface area (Å²) < 4.78 is 16.3. The van der Waals surface area contributed by atoms with E-state index in [9.17, 15) is 9.90 Å². The minimum absolute atomic E-state index is 0.00673. The smallest absolute Gasteiger partial charge is 0.219 e. The summed E-state index contributed by atoms with van der Waals surface area (Å²) in [6.07, 6.45) is 7.64. The standard InChI is InChI=1S/C28H40N2O5/c1-33-25-19-22(20-26(34-2)28(25)32)10-4-5-13-27(31)29-14-9-17-35-24-12-8-11-23(18-24)21-30-15-6-3-7-16-30/h8,11-12,18-20,32H,3-7,9-10,13-17,21H2,1-2H3,(H,29,31). The van der Waals surface area contributed by atoms with Gasteiger partial charge in [0.2, 0.25) is 11.7 Å². The first-order valence-corrected chi connectivity index (χ1v) is 12.7. The molecule has 0 aliphatic carbocycles. The van der Waals surface area contributed by atoms with Gasteiger partial charge in [-0.1, -0.05) is 18.6 Å². The number of aryl methyl sites for hydroxylation is 1. The number of nitrogens with one attached hydrogen (secondary N) is 1. The highest BCUT2D eigenvalue weighted by atomic mass is 16.5. The fraction of sp³-hybridized carbons (Fsp3) is 0.536. The van der Waals surface area contributed by atoms with Gasteiger partial charge in [-0.15, -0.1) is 0 Å². The summed E-state index contributed by atoms with van der Waals surface area (Å²) in [4.78, 5) is 14.6. The largest absolute Gasteiger partial charge is 0.502 e. The van der Waals surface area contributed by atoms with Crippen LogP contribution in [0.3, 0.4) is 0 Å². The van der Waals surface area contributed by atoms with Crippen molar-refractivity contribution in [1.82, 2.24) is 10.2 Å². The molecule has 0 aromatic heterocycles. The quantitative estimate of drug-likeness (QED) is 0.379. The molecule has 0 saturated carbocycles. The Balaban J connectivity index is 1.27. The zero-order chi connectivity index (χ0) is 24.9. The highest BCUT2D eigenvalue weighted by Crippen LogP contribution is 2.37. The van der Waals surface area contributed by atoms with Crippen molar-refractivity contribution in [3.8, 4) is 23.0 Å². The Labute approximate surface area is 209 Å². The van der Waals surface area contributed by atoms with Crippen molar-refractivity contribution in [2.75, 3.05) is 40.5 Å². The molecule has 2 N–H and O–H groups in total. The van der Waals surface area contributed by atoms with Gasteiger partial charge in [0.1, 0.15) is 5.75 Å². The van der Waals surface area contributed by atoms with E-state index < -0.39 is 0 Å². The maximum Gasteiger partial charge on any atom is 0.219 e. The van der Waals surface area contributed by atoms with Crippen LogP contribution in [-0.4, -0.2) is 56.4 Å². The number of amides is 1. The Morgan fingerprint density at radius 3 is 2.43 bits per heavy atom. The lowest BCUT2D eigenvalue weighted by Gasteiger charge is -2.26. The molecule has 0 spiro atoms. The molecule has 3 rings (SSSR count). The molecule has 0 bridgehead atoms. The summed E-state index contributed by atoms with van der Waals surface area (Å²) >= 11 is 0. The monoisotopic (exact) mass is 484 g/mol. The minimum Gasteiger partial charge on any atom is -0.502 e. The number of ether oxygens (including phenoxy) is 3. The lowest BCUT2D eigenvalue weighted by atomic mass is 10.1. The van der Waals surface area contributed by atoms with E-state index in [2.05, 4.69) is 28.4 Å². The van der Waals surface area contributed by atoms with E-state index in [1.54, 1.807) is 12.1 Å². The van der Waals surface area contributed by atoms with E-state index in [4.69, 9.17) is 14.2 Å². The molecule has 35 heavy (non-hydrogen) atoms. The molecule has 7 heteroatoms. The number of hydrogen-bond donors (Lipinski definition) is 2. The van der Waals surface area contributed by atoms with Crippen molar-refractivity contribution in [2.24, 2.45) is 0 Å². The Hall–Kier alpha value is -2.93. The Kier molecular flexibility index (Phi) is 11.0. The first kappa shape index (κ1) is 26.7. The second-order valence-corrected chi connectivity index (χ2v) is 9.09. The topological polar surface area (TPSA) is 80.3 Å². The van der Waals surface area contributed by atoms with Crippen LogP contribution in [0.15, 0.2) is 36.4 Å². The van der Waals surface area contributed by atoms with Gasteiger partial charge in [0.05, 0.1) is 20.8 Å².